The van der Waals surface area contributed by atoms with Crippen LogP contribution < -0.4 is 10.9 Å². The van der Waals surface area contributed by atoms with Crippen LogP contribution in [0.5, 0.6) is 0 Å². The standard InChI is InChI=1S/C23H27N3O6S/c1-16-24-18-12-9-11-17(10-7-5-3-2-4-6-8-15-33(30,31)32)21(18)23(29)26(16)19-13-14-20(27)25-22(19)28/h9,11-12,19H,2-6,8,13-15H2,1H3,(H,25,27,28)(H,30,31,32). The van der Waals surface area contributed by atoms with Gasteiger partial charge in [0.15, 0.2) is 0 Å². The van der Waals surface area contributed by atoms with Gasteiger partial charge >= 0.3 is 0 Å². The molecule has 0 radical (unpaired) electrons. The molecule has 0 bridgehead atoms. The van der Waals surface area contributed by atoms with Crippen molar-refractivity contribution in [2.75, 3.05) is 5.75 Å². The lowest BCUT2D eigenvalue weighted by Gasteiger charge is -2.24. The number of hydrogen-bond donors (Lipinski definition) is 2. The Morgan fingerprint density at radius 2 is 1.88 bits per heavy atom. The van der Waals surface area contributed by atoms with Gasteiger partial charge < -0.3 is 0 Å². The van der Waals surface area contributed by atoms with Crippen LogP contribution in [-0.4, -0.2) is 40.1 Å². The summed E-state index contributed by atoms with van der Waals surface area (Å²) in [6.45, 7) is 1.67. The van der Waals surface area contributed by atoms with Crippen LogP contribution in [-0.2, 0) is 19.7 Å². The number of unbranched alkanes of at least 4 members (excludes halogenated alkanes) is 5. The molecule has 2 N–H and O–H groups in total. The van der Waals surface area contributed by atoms with Crippen molar-refractivity contribution in [2.24, 2.45) is 0 Å². The van der Waals surface area contributed by atoms with Crippen LogP contribution in [0, 0.1) is 18.8 Å². The predicted molar refractivity (Wildman–Crippen MR) is 123 cm³/mol. The van der Waals surface area contributed by atoms with Crippen LogP contribution in [0.2, 0.25) is 0 Å². The van der Waals surface area contributed by atoms with Crippen molar-refractivity contribution in [1.82, 2.24) is 14.9 Å². The molecule has 0 saturated carbocycles. The second-order valence-corrected chi connectivity index (χ2v) is 9.68. The molecule has 2 aromatic rings. The highest BCUT2D eigenvalue weighted by molar-refractivity contribution is 7.85. The molecular weight excluding hydrogens is 446 g/mol. The Hall–Kier alpha value is -3.03. The molecule has 10 heteroatoms. The Morgan fingerprint density at radius 3 is 2.61 bits per heavy atom. The van der Waals surface area contributed by atoms with E-state index in [2.05, 4.69) is 22.1 Å². The molecule has 1 aliphatic heterocycles. The van der Waals surface area contributed by atoms with Crippen LogP contribution in [0.15, 0.2) is 23.0 Å². The van der Waals surface area contributed by atoms with Crippen LogP contribution in [0.3, 0.4) is 0 Å². The van der Waals surface area contributed by atoms with Crippen molar-refractivity contribution in [1.29, 1.82) is 0 Å². The molecule has 0 spiro atoms. The Bertz CT molecular complexity index is 1290. The summed E-state index contributed by atoms with van der Waals surface area (Å²) in [7, 11) is -3.89. The van der Waals surface area contributed by atoms with Crippen molar-refractivity contribution >= 4 is 32.8 Å². The first-order chi connectivity index (χ1) is 15.7. The number of imide groups is 1. The van der Waals surface area contributed by atoms with Gasteiger partial charge in [-0.15, -0.1) is 0 Å². The largest absolute Gasteiger partial charge is 0.295 e. The number of aromatic nitrogens is 2. The van der Waals surface area contributed by atoms with Crippen molar-refractivity contribution in [3.63, 3.8) is 0 Å². The van der Waals surface area contributed by atoms with Gasteiger partial charge in [0.05, 0.1) is 16.7 Å². The minimum atomic E-state index is -3.89. The van der Waals surface area contributed by atoms with Crippen LogP contribution >= 0.6 is 0 Å². The zero-order valence-corrected chi connectivity index (χ0v) is 19.3. The summed E-state index contributed by atoms with van der Waals surface area (Å²) >= 11 is 0. The maximum atomic E-state index is 13.3. The minimum Gasteiger partial charge on any atom is -0.295 e. The number of carbonyl (C=O) groups is 2. The van der Waals surface area contributed by atoms with Crippen LogP contribution in [0.1, 0.15) is 68.8 Å². The van der Waals surface area contributed by atoms with Gasteiger partial charge in [0.2, 0.25) is 11.8 Å². The first kappa shape index (κ1) is 24.6. The highest BCUT2D eigenvalue weighted by atomic mass is 32.2. The Balaban J connectivity index is 1.71. The zero-order chi connectivity index (χ0) is 24.0. The molecular formula is C23H27N3O6S. The fourth-order valence-electron chi connectivity index (χ4n) is 3.94. The third-order valence-electron chi connectivity index (χ3n) is 5.55. The maximum Gasteiger partial charge on any atom is 0.264 e. The lowest BCUT2D eigenvalue weighted by atomic mass is 10.0. The van der Waals surface area contributed by atoms with Gasteiger partial charge in [-0.3, -0.25) is 28.8 Å². The lowest BCUT2D eigenvalue weighted by molar-refractivity contribution is -0.135. The molecule has 9 nitrogen and oxygen atoms in total. The van der Waals surface area contributed by atoms with Gasteiger partial charge in [-0.1, -0.05) is 37.2 Å². The number of aryl methyl sites for hydroxylation is 1. The summed E-state index contributed by atoms with van der Waals surface area (Å²) in [6.07, 6.45) is 4.77. The summed E-state index contributed by atoms with van der Waals surface area (Å²) in [5.41, 5.74) is 0.696. The molecule has 1 fully saturated rings. The summed E-state index contributed by atoms with van der Waals surface area (Å²) in [6, 6.07) is 4.48. The van der Waals surface area contributed by atoms with Crippen LogP contribution in [0.4, 0.5) is 0 Å². The molecule has 1 atom stereocenters. The fraction of sp³-hybridized carbons (Fsp3) is 0.478. The predicted octanol–water partition coefficient (Wildman–Crippen LogP) is 2.26. The van der Waals surface area contributed by atoms with Gasteiger partial charge in [0.25, 0.3) is 15.7 Å². The van der Waals surface area contributed by atoms with E-state index in [0.29, 0.717) is 35.1 Å². The molecule has 2 amide bonds. The number of fused-ring (bicyclic) bond motifs is 1. The number of benzene rings is 1. The molecule has 1 unspecified atom stereocenters. The zero-order valence-electron chi connectivity index (χ0n) is 18.5. The molecule has 3 rings (SSSR count). The van der Waals surface area contributed by atoms with Crippen molar-refractivity contribution < 1.29 is 22.6 Å². The average molecular weight is 474 g/mol. The molecule has 33 heavy (non-hydrogen) atoms. The van der Waals surface area contributed by atoms with E-state index in [1.165, 1.54) is 4.57 Å². The van der Waals surface area contributed by atoms with Gasteiger partial charge in [0, 0.05) is 18.4 Å². The first-order valence-electron chi connectivity index (χ1n) is 11.0. The summed E-state index contributed by atoms with van der Waals surface area (Å²) in [5, 5.41) is 2.64. The van der Waals surface area contributed by atoms with Crippen molar-refractivity contribution in [3.05, 3.63) is 39.9 Å². The second-order valence-electron chi connectivity index (χ2n) is 8.11. The molecule has 1 aliphatic rings. The lowest BCUT2D eigenvalue weighted by Crippen LogP contribution is -2.45. The van der Waals surface area contributed by atoms with E-state index < -0.39 is 22.1 Å². The van der Waals surface area contributed by atoms with E-state index in [9.17, 15) is 22.8 Å². The van der Waals surface area contributed by atoms with Gasteiger partial charge in [-0.2, -0.15) is 8.42 Å². The van der Waals surface area contributed by atoms with E-state index in [0.717, 1.165) is 25.7 Å². The van der Waals surface area contributed by atoms with E-state index in [1.807, 2.05) is 0 Å². The van der Waals surface area contributed by atoms with E-state index >= 15 is 0 Å². The number of nitrogens with zero attached hydrogens (tertiary/aromatic N) is 2. The average Bonchev–Trinajstić information content (AvgIpc) is 2.73. The Morgan fingerprint density at radius 1 is 1.15 bits per heavy atom. The minimum absolute atomic E-state index is 0.164. The highest BCUT2D eigenvalue weighted by Crippen LogP contribution is 2.21. The highest BCUT2D eigenvalue weighted by Gasteiger charge is 2.30. The van der Waals surface area contributed by atoms with E-state index in [1.54, 1.807) is 25.1 Å². The quantitative estimate of drug-likeness (QED) is 0.260. The molecule has 2 heterocycles. The van der Waals surface area contributed by atoms with E-state index in [4.69, 9.17) is 4.55 Å². The number of amides is 2. The molecule has 1 saturated heterocycles. The normalized spacial score (nSPS) is 16.4. The Kier molecular flexibility index (Phi) is 8.00. The smallest absolute Gasteiger partial charge is 0.264 e. The topological polar surface area (TPSA) is 135 Å². The van der Waals surface area contributed by atoms with Gasteiger partial charge in [0.1, 0.15) is 11.9 Å². The number of carbonyl (C=O) groups excluding carboxylic acids is 2. The van der Waals surface area contributed by atoms with Crippen molar-refractivity contribution in [3.8, 4) is 11.8 Å². The van der Waals surface area contributed by atoms with Crippen LogP contribution in [0.25, 0.3) is 10.9 Å². The third-order valence-corrected chi connectivity index (χ3v) is 6.36. The SMILES string of the molecule is Cc1nc2cccc(C#CCCCCCCCS(=O)(=O)O)c2c(=O)n1C1CCC(=O)NC1=O. The Labute approximate surface area is 192 Å². The molecule has 1 aromatic carbocycles. The molecule has 1 aromatic heterocycles. The number of nitrogens with one attached hydrogen (secondary N) is 1. The number of hydrogen-bond acceptors (Lipinski definition) is 6. The van der Waals surface area contributed by atoms with E-state index in [-0.39, 0.29) is 30.1 Å². The summed E-state index contributed by atoms with van der Waals surface area (Å²) < 4.78 is 31.4. The van der Waals surface area contributed by atoms with Gasteiger partial charge in [-0.25, -0.2) is 4.98 Å². The first-order valence-corrected chi connectivity index (χ1v) is 12.6. The van der Waals surface area contributed by atoms with Crippen molar-refractivity contribution in [2.45, 2.75) is 64.3 Å². The second kappa shape index (κ2) is 10.7. The third kappa shape index (κ3) is 6.49. The summed E-state index contributed by atoms with van der Waals surface area (Å²) in [4.78, 5) is 41.6. The maximum absolute atomic E-state index is 13.3. The number of piperidine rings is 1. The fourth-order valence-corrected chi connectivity index (χ4v) is 4.51. The summed E-state index contributed by atoms with van der Waals surface area (Å²) in [5.74, 6) is 5.47. The number of rotatable bonds is 8. The monoisotopic (exact) mass is 473 g/mol. The molecule has 176 valence electrons. The van der Waals surface area contributed by atoms with Gasteiger partial charge in [-0.05, 0) is 38.3 Å². The molecule has 0 aliphatic carbocycles.